The van der Waals surface area contributed by atoms with E-state index in [1.54, 1.807) is 0 Å². The van der Waals surface area contributed by atoms with Gasteiger partial charge in [-0.15, -0.1) is 11.3 Å². The summed E-state index contributed by atoms with van der Waals surface area (Å²) in [5, 5.41) is 25.7. The van der Waals surface area contributed by atoms with Crippen LogP contribution in [0.2, 0.25) is 0 Å². The van der Waals surface area contributed by atoms with Gasteiger partial charge in [0.05, 0.1) is 27.0 Å². The summed E-state index contributed by atoms with van der Waals surface area (Å²) >= 11 is 1.46. The zero-order valence-electron chi connectivity index (χ0n) is 15.5. The van der Waals surface area contributed by atoms with Crippen molar-refractivity contribution >= 4 is 45.0 Å². The topological polar surface area (TPSA) is 113 Å². The number of hydrazone groups is 1. The Morgan fingerprint density at radius 2 is 1.87 bits per heavy atom. The van der Waals surface area contributed by atoms with Gasteiger partial charge >= 0.3 is 0 Å². The molecule has 0 bridgehead atoms. The molecule has 0 radical (unpaired) electrons. The van der Waals surface area contributed by atoms with Crippen molar-refractivity contribution in [1.82, 2.24) is 10.4 Å². The molecule has 0 spiro atoms. The third-order valence-electron chi connectivity index (χ3n) is 4.09. The number of rotatable bonds is 5. The summed E-state index contributed by atoms with van der Waals surface area (Å²) in [7, 11) is 0. The van der Waals surface area contributed by atoms with Crippen LogP contribution in [-0.2, 0) is 0 Å². The Labute approximate surface area is 175 Å². The van der Waals surface area contributed by atoms with E-state index in [-0.39, 0.29) is 17.0 Å². The van der Waals surface area contributed by atoms with E-state index in [0.717, 1.165) is 10.2 Å². The van der Waals surface area contributed by atoms with Crippen LogP contribution >= 0.6 is 11.3 Å². The molecule has 0 aliphatic rings. The first-order valence-corrected chi connectivity index (χ1v) is 9.68. The molecule has 4 aromatic rings. The number of aromatic hydroxyl groups is 1. The number of para-hydroxylation sites is 2. The van der Waals surface area contributed by atoms with E-state index in [1.165, 1.54) is 35.8 Å². The molecule has 2 N–H and O–H groups in total. The van der Waals surface area contributed by atoms with Gasteiger partial charge in [0.25, 0.3) is 5.69 Å². The molecule has 0 aliphatic carbocycles. The van der Waals surface area contributed by atoms with E-state index in [2.05, 4.69) is 20.5 Å². The highest BCUT2D eigenvalue weighted by atomic mass is 32.1. The number of non-ortho nitro benzene ring substituents is 1. The maximum atomic E-state index is 11.0. The second-order valence-electron chi connectivity index (χ2n) is 6.15. The van der Waals surface area contributed by atoms with Crippen molar-refractivity contribution < 1.29 is 10.0 Å². The number of nitrogens with zero attached hydrogens (tertiary/aromatic N) is 4. The number of phenols is 1. The third kappa shape index (κ3) is 4.31. The molecular formula is C21H15N5O3S. The number of nitro benzene ring substituents is 1. The lowest BCUT2D eigenvalue weighted by atomic mass is 10.2. The highest BCUT2D eigenvalue weighted by molar-refractivity contribution is 7.20. The Balaban J connectivity index is 1.67. The van der Waals surface area contributed by atoms with Crippen molar-refractivity contribution in [3.63, 3.8) is 0 Å². The number of nitrogens with one attached hydrogen (secondary N) is 1. The zero-order valence-corrected chi connectivity index (χ0v) is 16.3. The first kappa shape index (κ1) is 19.2. The normalized spacial score (nSPS) is 11.8. The molecule has 0 fully saturated rings. The van der Waals surface area contributed by atoms with Crippen molar-refractivity contribution in [1.29, 1.82) is 0 Å². The fraction of sp³-hybridized carbons (Fsp3) is 0. The molecule has 1 aromatic heterocycles. The summed E-state index contributed by atoms with van der Waals surface area (Å²) in [6.07, 6.45) is 1.30. The highest BCUT2D eigenvalue weighted by Crippen LogP contribution is 2.24. The van der Waals surface area contributed by atoms with Gasteiger partial charge in [-0.05, 0) is 30.3 Å². The summed E-state index contributed by atoms with van der Waals surface area (Å²) in [5.74, 6) is 0.302. The molecule has 0 atom stereocenters. The molecule has 8 nitrogen and oxygen atoms in total. The Hall–Kier alpha value is -4.11. The Morgan fingerprint density at radius 3 is 2.63 bits per heavy atom. The molecular weight excluding hydrogens is 402 g/mol. The zero-order chi connectivity index (χ0) is 20.9. The van der Waals surface area contributed by atoms with Crippen molar-refractivity contribution in [2.75, 3.05) is 0 Å². The van der Waals surface area contributed by atoms with Crippen LogP contribution in [0.15, 0.2) is 82.9 Å². The van der Waals surface area contributed by atoms with Gasteiger partial charge in [-0.25, -0.2) is 9.98 Å². The molecule has 148 valence electrons. The summed E-state index contributed by atoms with van der Waals surface area (Å²) in [5.41, 5.74) is 4.49. The van der Waals surface area contributed by atoms with Crippen LogP contribution in [0, 0.1) is 10.1 Å². The summed E-state index contributed by atoms with van der Waals surface area (Å²) in [4.78, 5) is 19.6. The predicted octanol–water partition coefficient (Wildman–Crippen LogP) is 4.61. The molecule has 0 amide bonds. The quantitative estimate of drug-likeness (QED) is 0.213. The van der Waals surface area contributed by atoms with E-state index in [0.29, 0.717) is 16.5 Å². The third-order valence-corrected chi connectivity index (χ3v) is 5.13. The number of fused-ring (bicyclic) bond motifs is 1. The first-order chi connectivity index (χ1) is 14.6. The minimum absolute atomic E-state index is 0.118. The van der Waals surface area contributed by atoms with E-state index in [1.807, 2.05) is 54.6 Å². The van der Waals surface area contributed by atoms with Gasteiger partial charge in [-0.1, -0.05) is 30.3 Å². The molecule has 0 saturated heterocycles. The summed E-state index contributed by atoms with van der Waals surface area (Å²) in [6, 6.07) is 20.8. The lowest BCUT2D eigenvalue weighted by molar-refractivity contribution is -0.384. The molecule has 4 rings (SSSR count). The van der Waals surface area contributed by atoms with Crippen LogP contribution in [-0.4, -0.2) is 27.1 Å². The van der Waals surface area contributed by atoms with Gasteiger partial charge in [0.15, 0.2) is 10.8 Å². The largest absolute Gasteiger partial charge is 0.507 e. The highest BCUT2D eigenvalue weighted by Gasteiger charge is 2.11. The molecule has 30 heavy (non-hydrogen) atoms. The summed E-state index contributed by atoms with van der Waals surface area (Å²) < 4.78 is 1.01. The van der Waals surface area contributed by atoms with Crippen molar-refractivity contribution in [3.05, 3.63) is 93.5 Å². The van der Waals surface area contributed by atoms with Gasteiger partial charge < -0.3 is 5.11 Å². The number of amidine groups is 1. The number of thiazole rings is 1. The maximum absolute atomic E-state index is 11.0. The molecule has 0 saturated carbocycles. The molecule has 9 heteroatoms. The molecule has 0 aliphatic heterocycles. The number of phenolic OH excluding ortho intramolecular Hbond substituents is 1. The smallest absolute Gasteiger partial charge is 0.270 e. The number of aromatic nitrogens is 1. The van der Waals surface area contributed by atoms with Crippen LogP contribution in [0.5, 0.6) is 5.75 Å². The standard InChI is InChI=1S/C21H15N5O3S/c27-18-11-10-16(26(28)29)12-14(18)13-22-25-20(23-15-6-2-1-3-7-15)21-24-17-8-4-5-9-19(17)30-21/h1-13,27H,(H,23,25)/b22-13+. The molecule has 1 heterocycles. The minimum Gasteiger partial charge on any atom is -0.507 e. The van der Waals surface area contributed by atoms with Crippen molar-refractivity contribution in [3.8, 4) is 5.75 Å². The van der Waals surface area contributed by atoms with Crippen LogP contribution in [0.3, 0.4) is 0 Å². The fourth-order valence-electron chi connectivity index (χ4n) is 2.65. The van der Waals surface area contributed by atoms with Crippen LogP contribution in [0.1, 0.15) is 10.6 Å². The van der Waals surface area contributed by atoms with Gasteiger partial charge in [-0.2, -0.15) is 5.10 Å². The Morgan fingerprint density at radius 1 is 1.10 bits per heavy atom. The van der Waals surface area contributed by atoms with Crippen molar-refractivity contribution in [2.24, 2.45) is 10.1 Å². The first-order valence-electron chi connectivity index (χ1n) is 8.86. The lowest BCUT2D eigenvalue weighted by Crippen LogP contribution is -2.18. The average Bonchev–Trinajstić information content (AvgIpc) is 3.19. The van der Waals surface area contributed by atoms with Crippen LogP contribution < -0.4 is 5.43 Å². The fourth-order valence-corrected chi connectivity index (χ4v) is 3.55. The second-order valence-corrected chi connectivity index (χ2v) is 7.18. The number of aliphatic imine (C=N–C) groups is 1. The number of nitro groups is 1. The van der Waals surface area contributed by atoms with Gasteiger partial charge in [0.2, 0.25) is 0 Å². The minimum atomic E-state index is -0.534. The van der Waals surface area contributed by atoms with Crippen LogP contribution in [0.25, 0.3) is 10.2 Å². The van der Waals surface area contributed by atoms with Gasteiger partial charge in [0, 0.05) is 17.7 Å². The van der Waals surface area contributed by atoms with E-state index in [4.69, 9.17) is 0 Å². The molecule has 0 unspecified atom stereocenters. The second kappa shape index (κ2) is 8.50. The number of hydrogen-bond donors (Lipinski definition) is 2. The Bertz CT molecular complexity index is 1240. The van der Waals surface area contributed by atoms with E-state index in [9.17, 15) is 15.2 Å². The van der Waals surface area contributed by atoms with Crippen molar-refractivity contribution in [2.45, 2.75) is 0 Å². The lowest BCUT2D eigenvalue weighted by Gasteiger charge is -2.03. The molecule has 3 aromatic carbocycles. The van der Waals surface area contributed by atoms with Gasteiger partial charge in [-0.3, -0.25) is 15.5 Å². The number of benzene rings is 3. The van der Waals surface area contributed by atoms with E-state index >= 15 is 0 Å². The summed E-state index contributed by atoms with van der Waals surface area (Å²) in [6.45, 7) is 0. The van der Waals surface area contributed by atoms with Crippen LogP contribution in [0.4, 0.5) is 11.4 Å². The average molecular weight is 417 g/mol. The maximum Gasteiger partial charge on any atom is 0.270 e. The number of hydrogen-bond acceptors (Lipinski definition) is 7. The predicted molar refractivity (Wildman–Crippen MR) is 118 cm³/mol. The van der Waals surface area contributed by atoms with Gasteiger partial charge in [0.1, 0.15) is 5.75 Å². The Kier molecular flexibility index (Phi) is 5.44. The SMILES string of the molecule is O=[N+]([O-])c1ccc(O)c(/C=N/NC(=Nc2ccccc2)c2nc3ccccc3s2)c1. The monoisotopic (exact) mass is 417 g/mol. The van der Waals surface area contributed by atoms with E-state index < -0.39 is 4.92 Å².